The molecule has 1 aromatic rings. The third-order valence-electron chi connectivity index (χ3n) is 2.02. The molecule has 1 aromatic heterocycles. The SMILES string of the molecule is O=C(O)C(=O)c1nnc2n1CCNC2. The highest BCUT2D eigenvalue weighted by Crippen LogP contribution is 2.06. The minimum atomic E-state index is -1.50. The van der Waals surface area contributed by atoms with E-state index in [-0.39, 0.29) is 5.82 Å². The Morgan fingerprint density at radius 1 is 1.43 bits per heavy atom. The van der Waals surface area contributed by atoms with Gasteiger partial charge >= 0.3 is 11.8 Å². The molecule has 7 heteroatoms. The highest BCUT2D eigenvalue weighted by Gasteiger charge is 2.25. The predicted octanol–water partition coefficient (Wildman–Crippen LogP) is -1.35. The molecule has 0 aliphatic carbocycles. The first-order chi connectivity index (χ1) is 6.70. The quantitative estimate of drug-likeness (QED) is 0.448. The monoisotopic (exact) mass is 196 g/mol. The topological polar surface area (TPSA) is 97.1 Å². The number of aliphatic carboxylic acids is 1. The van der Waals surface area contributed by atoms with E-state index in [1.165, 1.54) is 4.57 Å². The van der Waals surface area contributed by atoms with Gasteiger partial charge in [0.05, 0.1) is 6.54 Å². The van der Waals surface area contributed by atoms with Crippen LogP contribution in [-0.2, 0) is 17.9 Å². The number of carbonyl (C=O) groups is 2. The largest absolute Gasteiger partial charge is 0.475 e. The van der Waals surface area contributed by atoms with Gasteiger partial charge in [-0.25, -0.2) is 4.79 Å². The van der Waals surface area contributed by atoms with E-state index < -0.39 is 11.8 Å². The number of Topliss-reactive ketones (excluding diaryl/α,β-unsaturated/α-hetero) is 1. The summed E-state index contributed by atoms with van der Waals surface area (Å²) in [6.07, 6.45) is 0. The van der Waals surface area contributed by atoms with Crippen LogP contribution in [0.4, 0.5) is 0 Å². The maximum Gasteiger partial charge on any atom is 0.380 e. The normalized spacial score (nSPS) is 14.9. The molecular weight excluding hydrogens is 188 g/mol. The molecule has 0 amide bonds. The van der Waals surface area contributed by atoms with E-state index in [9.17, 15) is 9.59 Å². The lowest BCUT2D eigenvalue weighted by molar-refractivity contribution is -0.131. The standard InChI is InChI=1S/C7H8N4O3/c12-5(7(13)14)6-10-9-4-3-8-1-2-11(4)6/h8H,1-3H2,(H,13,14). The molecule has 0 radical (unpaired) electrons. The van der Waals surface area contributed by atoms with Crippen molar-refractivity contribution in [3.8, 4) is 0 Å². The zero-order valence-corrected chi connectivity index (χ0v) is 7.23. The number of nitrogens with one attached hydrogen (secondary N) is 1. The van der Waals surface area contributed by atoms with Crippen molar-refractivity contribution < 1.29 is 14.7 Å². The molecule has 14 heavy (non-hydrogen) atoms. The van der Waals surface area contributed by atoms with Gasteiger partial charge < -0.3 is 15.0 Å². The van der Waals surface area contributed by atoms with Gasteiger partial charge in [0.1, 0.15) is 5.82 Å². The van der Waals surface area contributed by atoms with Crippen LogP contribution in [0.5, 0.6) is 0 Å². The van der Waals surface area contributed by atoms with Gasteiger partial charge in [-0.15, -0.1) is 10.2 Å². The number of hydrogen-bond acceptors (Lipinski definition) is 5. The molecule has 1 aliphatic heterocycles. The highest BCUT2D eigenvalue weighted by molar-refractivity contribution is 6.38. The molecular formula is C7H8N4O3. The molecule has 0 spiro atoms. The van der Waals surface area contributed by atoms with Crippen LogP contribution < -0.4 is 5.32 Å². The lowest BCUT2D eigenvalue weighted by Crippen LogP contribution is -2.31. The van der Waals surface area contributed by atoms with E-state index in [1.54, 1.807) is 0 Å². The zero-order chi connectivity index (χ0) is 10.1. The number of hydrogen-bond donors (Lipinski definition) is 2. The van der Waals surface area contributed by atoms with E-state index in [0.717, 1.165) is 0 Å². The lowest BCUT2D eigenvalue weighted by Gasteiger charge is -2.14. The van der Waals surface area contributed by atoms with E-state index in [2.05, 4.69) is 15.5 Å². The zero-order valence-electron chi connectivity index (χ0n) is 7.23. The minimum Gasteiger partial charge on any atom is -0.475 e. The van der Waals surface area contributed by atoms with Gasteiger partial charge in [-0.05, 0) is 0 Å². The third kappa shape index (κ3) is 1.27. The average molecular weight is 196 g/mol. The predicted molar refractivity (Wildman–Crippen MR) is 43.7 cm³/mol. The Morgan fingerprint density at radius 3 is 2.93 bits per heavy atom. The summed E-state index contributed by atoms with van der Waals surface area (Å²) < 4.78 is 1.53. The van der Waals surface area contributed by atoms with Crippen LogP contribution in [0.15, 0.2) is 0 Å². The second kappa shape index (κ2) is 3.18. The molecule has 0 saturated carbocycles. The number of carboxylic acid groups (broad SMARTS) is 1. The summed E-state index contributed by atoms with van der Waals surface area (Å²) in [6, 6.07) is 0. The second-order valence-electron chi connectivity index (χ2n) is 2.90. The average Bonchev–Trinajstić information content (AvgIpc) is 2.60. The number of fused-ring (bicyclic) bond motifs is 1. The summed E-state index contributed by atoms with van der Waals surface area (Å²) in [6.45, 7) is 1.72. The summed E-state index contributed by atoms with van der Waals surface area (Å²) in [4.78, 5) is 21.6. The third-order valence-corrected chi connectivity index (χ3v) is 2.02. The van der Waals surface area contributed by atoms with Crippen molar-refractivity contribution in [3.05, 3.63) is 11.6 Å². The van der Waals surface area contributed by atoms with Crippen LogP contribution in [0.25, 0.3) is 0 Å². The molecule has 0 atom stereocenters. The fraction of sp³-hybridized carbons (Fsp3) is 0.429. The maximum absolute atomic E-state index is 11.1. The van der Waals surface area contributed by atoms with Crippen molar-refractivity contribution in [2.24, 2.45) is 0 Å². The van der Waals surface area contributed by atoms with Crippen LogP contribution in [0.1, 0.15) is 16.4 Å². The molecule has 2 N–H and O–H groups in total. The van der Waals surface area contributed by atoms with Crippen molar-refractivity contribution >= 4 is 11.8 Å². The summed E-state index contributed by atoms with van der Waals surface area (Å²) >= 11 is 0. The first-order valence-electron chi connectivity index (χ1n) is 4.10. The summed E-state index contributed by atoms with van der Waals surface area (Å²) in [5, 5.41) is 18.8. The van der Waals surface area contributed by atoms with E-state index in [1.807, 2.05) is 0 Å². The van der Waals surface area contributed by atoms with Crippen molar-refractivity contribution in [1.82, 2.24) is 20.1 Å². The van der Waals surface area contributed by atoms with Gasteiger partial charge in [-0.3, -0.25) is 4.79 Å². The lowest BCUT2D eigenvalue weighted by atomic mass is 10.3. The van der Waals surface area contributed by atoms with Crippen molar-refractivity contribution in [2.75, 3.05) is 6.54 Å². The molecule has 2 rings (SSSR count). The molecule has 2 heterocycles. The molecule has 0 unspecified atom stereocenters. The van der Waals surface area contributed by atoms with Crippen LogP contribution in [0.3, 0.4) is 0 Å². The van der Waals surface area contributed by atoms with Crippen LogP contribution in [-0.4, -0.2) is 38.2 Å². The summed E-state index contributed by atoms with van der Waals surface area (Å²) in [5.74, 6) is -2.00. The number of carbonyl (C=O) groups excluding carboxylic acids is 1. The first-order valence-corrected chi connectivity index (χ1v) is 4.10. The number of ketones is 1. The minimum absolute atomic E-state index is 0.0889. The van der Waals surface area contributed by atoms with Gasteiger partial charge in [-0.1, -0.05) is 0 Å². The number of rotatable bonds is 2. The van der Waals surface area contributed by atoms with Crippen LogP contribution >= 0.6 is 0 Å². The summed E-state index contributed by atoms with van der Waals surface area (Å²) in [5.41, 5.74) is 0. The van der Waals surface area contributed by atoms with Crippen LogP contribution in [0, 0.1) is 0 Å². The second-order valence-corrected chi connectivity index (χ2v) is 2.90. The van der Waals surface area contributed by atoms with Crippen molar-refractivity contribution in [3.63, 3.8) is 0 Å². The first kappa shape index (κ1) is 8.82. The van der Waals surface area contributed by atoms with E-state index >= 15 is 0 Å². The number of carboxylic acids is 1. The molecule has 0 aromatic carbocycles. The maximum atomic E-state index is 11.1. The molecule has 0 bridgehead atoms. The van der Waals surface area contributed by atoms with Gasteiger partial charge in [-0.2, -0.15) is 0 Å². The molecule has 74 valence electrons. The van der Waals surface area contributed by atoms with Crippen molar-refractivity contribution in [1.29, 1.82) is 0 Å². The van der Waals surface area contributed by atoms with Gasteiger partial charge in [0, 0.05) is 13.1 Å². The molecule has 1 aliphatic rings. The Bertz CT molecular complexity index is 398. The van der Waals surface area contributed by atoms with Crippen molar-refractivity contribution in [2.45, 2.75) is 13.1 Å². The Balaban J connectivity index is 2.39. The number of aromatic nitrogens is 3. The molecule has 0 saturated heterocycles. The Hall–Kier alpha value is -1.76. The van der Waals surface area contributed by atoms with Gasteiger partial charge in [0.2, 0.25) is 5.82 Å². The van der Waals surface area contributed by atoms with Gasteiger partial charge in [0.25, 0.3) is 0 Å². The van der Waals surface area contributed by atoms with E-state index in [4.69, 9.17) is 5.11 Å². The fourth-order valence-corrected chi connectivity index (χ4v) is 1.36. The number of nitrogens with zero attached hydrogens (tertiary/aromatic N) is 3. The van der Waals surface area contributed by atoms with Crippen LogP contribution in [0.2, 0.25) is 0 Å². The molecule has 0 fully saturated rings. The smallest absolute Gasteiger partial charge is 0.380 e. The highest BCUT2D eigenvalue weighted by atomic mass is 16.4. The Labute approximate surface area is 78.7 Å². The molecule has 7 nitrogen and oxygen atoms in total. The summed E-state index contributed by atoms with van der Waals surface area (Å²) in [7, 11) is 0. The Kier molecular flexibility index (Phi) is 2.01. The van der Waals surface area contributed by atoms with E-state index in [0.29, 0.717) is 25.5 Å². The fourth-order valence-electron chi connectivity index (χ4n) is 1.36. The van der Waals surface area contributed by atoms with Gasteiger partial charge in [0.15, 0.2) is 0 Å². The Morgan fingerprint density at radius 2 is 2.21 bits per heavy atom.